The molecule has 1 amide bonds. The van der Waals surface area contributed by atoms with E-state index < -0.39 is 0 Å². The minimum Gasteiger partial charge on any atom is -0.363 e. The SMILES string of the molecule is CC1(C)c2ccccc2N2C(=O)c3ccccc3NC21. The summed E-state index contributed by atoms with van der Waals surface area (Å²) in [6, 6.07) is 15.9. The number of rotatable bonds is 0. The van der Waals surface area contributed by atoms with Crippen molar-refractivity contribution in [2.24, 2.45) is 0 Å². The number of amides is 1. The molecule has 0 aromatic heterocycles. The summed E-state index contributed by atoms with van der Waals surface area (Å²) >= 11 is 0. The van der Waals surface area contributed by atoms with Crippen LogP contribution in [0.15, 0.2) is 48.5 Å². The van der Waals surface area contributed by atoms with Gasteiger partial charge in [-0.2, -0.15) is 0 Å². The Labute approximate surface area is 118 Å². The number of hydrogen-bond acceptors (Lipinski definition) is 2. The lowest BCUT2D eigenvalue weighted by atomic mass is 9.83. The molecule has 4 rings (SSSR count). The first-order valence-electron chi connectivity index (χ1n) is 6.89. The highest BCUT2D eigenvalue weighted by molar-refractivity contribution is 6.13. The summed E-state index contributed by atoms with van der Waals surface area (Å²) in [5.41, 5.74) is 3.81. The fraction of sp³-hybridized carbons (Fsp3) is 0.235. The maximum atomic E-state index is 12.8. The number of benzene rings is 2. The highest BCUT2D eigenvalue weighted by atomic mass is 16.2. The third kappa shape index (κ3) is 1.27. The van der Waals surface area contributed by atoms with Gasteiger partial charge in [-0.15, -0.1) is 0 Å². The van der Waals surface area contributed by atoms with Gasteiger partial charge in [-0.3, -0.25) is 9.69 Å². The molecule has 100 valence electrons. The summed E-state index contributed by atoms with van der Waals surface area (Å²) in [6.45, 7) is 4.37. The van der Waals surface area contributed by atoms with Crippen LogP contribution in [-0.4, -0.2) is 12.1 Å². The Morgan fingerprint density at radius 3 is 2.60 bits per heavy atom. The molecule has 1 N–H and O–H groups in total. The van der Waals surface area contributed by atoms with Crippen LogP contribution in [0.1, 0.15) is 29.8 Å². The van der Waals surface area contributed by atoms with E-state index in [0.717, 1.165) is 16.9 Å². The molecule has 20 heavy (non-hydrogen) atoms. The predicted octanol–water partition coefficient (Wildman–Crippen LogP) is 3.38. The van der Waals surface area contributed by atoms with Gasteiger partial charge in [0, 0.05) is 11.1 Å². The van der Waals surface area contributed by atoms with Gasteiger partial charge in [-0.1, -0.05) is 44.2 Å². The maximum absolute atomic E-state index is 12.8. The van der Waals surface area contributed by atoms with Crippen molar-refractivity contribution >= 4 is 17.3 Å². The summed E-state index contributed by atoms with van der Waals surface area (Å²) in [6.07, 6.45) is -0.0256. The molecule has 0 radical (unpaired) electrons. The van der Waals surface area contributed by atoms with E-state index in [2.05, 4.69) is 25.2 Å². The third-order valence-electron chi connectivity index (χ3n) is 4.47. The third-order valence-corrected chi connectivity index (χ3v) is 4.47. The second kappa shape index (κ2) is 3.63. The first kappa shape index (κ1) is 11.5. The lowest BCUT2D eigenvalue weighted by molar-refractivity contribution is 0.0971. The molecule has 2 heterocycles. The molecule has 1 unspecified atom stereocenters. The second-order valence-corrected chi connectivity index (χ2v) is 6.01. The smallest absolute Gasteiger partial charge is 0.262 e. The minimum atomic E-state index is -0.111. The summed E-state index contributed by atoms with van der Waals surface area (Å²) in [7, 11) is 0. The molecule has 3 nitrogen and oxygen atoms in total. The van der Waals surface area contributed by atoms with Gasteiger partial charge in [0.15, 0.2) is 0 Å². The van der Waals surface area contributed by atoms with E-state index in [1.807, 2.05) is 47.4 Å². The van der Waals surface area contributed by atoms with Gasteiger partial charge >= 0.3 is 0 Å². The number of fused-ring (bicyclic) bond motifs is 4. The molecule has 0 saturated heterocycles. The number of nitrogens with one attached hydrogen (secondary N) is 1. The first-order chi connectivity index (χ1) is 9.60. The number of carbonyl (C=O) groups excluding carboxylic acids is 1. The molecule has 3 heteroatoms. The van der Waals surface area contributed by atoms with Crippen molar-refractivity contribution in [1.29, 1.82) is 0 Å². The fourth-order valence-corrected chi connectivity index (χ4v) is 3.38. The zero-order chi connectivity index (χ0) is 13.9. The average Bonchev–Trinajstić information content (AvgIpc) is 2.69. The van der Waals surface area contributed by atoms with E-state index in [9.17, 15) is 4.79 Å². The Morgan fingerprint density at radius 1 is 1.05 bits per heavy atom. The first-order valence-corrected chi connectivity index (χ1v) is 6.89. The van der Waals surface area contributed by atoms with E-state index in [1.165, 1.54) is 5.56 Å². The van der Waals surface area contributed by atoms with Gasteiger partial charge in [-0.05, 0) is 23.8 Å². The molecule has 1 atom stereocenters. The van der Waals surface area contributed by atoms with E-state index in [1.54, 1.807) is 0 Å². The van der Waals surface area contributed by atoms with Crippen LogP contribution in [0.2, 0.25) is 0 Å². The van der Waals surface area contributed by atoms with Gasteiger partial charge in [0.2, 0.25) is 0 Å². The van der Waals surface area contributed by atoms with Crippen molar-refractivity contribution in [2.45, 2.75) is 25.4 Å². The van der Waals surface area contributed by atoms with Crippen molar-refractivity contribution < 1.29 is 4.79 Å². The van der Waals surface area contributed by atoms with Crippen LogP contribution in [0.25, 0.3) is 0 Å². The molecule has 0 spiro atoms. The monoisotopic (exact) mass is 264 g/mol. The zero-order valence-electron chi connectivity index (χ0n) is 11.6. The molecule has 2 aromatic rings. The van der Waals surface area contributed by atoms with Gasteiger partial charge in [0.25, 0.3) is 5.91 Å². The number of hydrogen-bond donors (Lipinski definition) is 1. The molecule has 0 fully saturated rings. The summed E-state index contributed by atoms with van der Waals surface area (Å²) < 4.78 is 0. The Balaban J connectivity index is 1.95. The van der Waals surface area contributed by atoms with Crippen molar-refractivity contribution in [2.75, 3.05) is 10.2 Å². The van der Waals surface area contributed by atoms with Crippen LogP contribution >= 0.6 is 0 Å². The van der Waals surface area contributed by atoms with Crippen LogP contribution in [0, 0.1) is 0 Å². The van der Waals surface area contributed by atoms with Crippen LogP contribution in [-0.2, 0) is 5.41 Å². The van der Waals surface area contributed by atoms with Crippen LogP contribution in [0.3, 0.4) is 0 Å². The molecule has 2 aliphatic rings. The van der Waals surface area contributed by atoms with Gasteiger partial charge < -0.3 is 5.32 Å². The molecule has 0 saturated carbocycles. The normalized spacial score (nSPS) is 21.8. The largest absolute Gasteiger partial charge is 0.363 e. The van der Waals surface area contributed by atoms with Gasteiger partial charge in [-0.25, -0.2) is 0 Å². The fourth-order valence-electron chi connectivity index (χ4n) is 3.38. The predicted molar refractivity (Wildman–Crippen MR) is 80.1 cm³/mol. The van der Waals surface area contributed by atoms with Crippen LogP contribution < -0.4 is 10.2 Å². The van der Waals surface area contributed by atoms with Gasteiger partial charge in [0.1, 0.15) is 6.17 Å². The average molecular weight is 264 g/mol. The maximum Gasteiger partial charge on any atom is 0.262 e. The van der Waals surface area contributed by atoms with Crippen LogP contribution in [0.5, 0.6) is 0 Å². The molecular weight excluding hydrogens is 248 g/mol. The Hall–Kier alpha value is -2.29. The van der Waals surface area contributed by atoms with Crippen LogP contribution in [0.4, 0.5) is 11.4 Å². The number of nitrogens with zero attached hydrogens (tertiary/aromatic N) is 1. The standard InChI is InChI=1S/C17H16N2O/c1-17(2)12-8-4-6-10-14(12)19-15(20)11-7-3-5-9-13(11)18-16(17)19/h3-10,16,18H,1-2H3. The summed E-state index contributed by atoms with van der Waals surface area (Å²) in [4.78, 5) is 14.7. The van der Waals surface area contributed by atoms with E-state index in [4.69, 9.17) is 0 Å². The van der Waals surface area contributed by atoms with E-state index in [-0.39, 0.29) is 17.5 Å². The number of carbonyl (C=O) groups is 1. The van der Waals surface area contributed by atoms with Crippen molar-refractivity contribution in [3.63, 3.8) is 0 Å². The lowest BCUT2D eigenvalue weighted by Crippen LogP contribution is -2.53. The Bertz CT molecular complexity index is 720. The number of anilines is 2. The highest BCUT2D eigenvalue weighted by Crippen LogP contribution is 2.47. The molecule has 0 aliphatic carbocycles. The molecular formula is C17H16N2O. The zero-order valence-corrected chi connectivity index (χ0v) is 11.6. The van der Waals surface area contributed by atoms with Crippen molar-refractivity contribution in [3.05, 3.63) is 59.7 Å². The topological polar surface area (TPSA) is 32.3 Å². The highest BCUT2D eigenvalue weighted by Gasteiger charge is 2.49. The van der Waals surface area contributed by atoms with Gasteiger partial charge in [0.05, 0.1) is 11.3 Å². The molecule has 0 bridgehead atoms. The molecule has 2 aliphatic heterocycles. The summed E-state index contributed by atoms with van der Waals surface area (Å²) in [5.74, 6) is 0.0855. The lowest BCUT2D eigenvalue weighted by Gasteiger charge is -2.38. The van der Waals surface area contributed by atoms with E-state index in [0.29, 0.717) is 0 Å². The quantitative estimate of drug-likeness (QED) is 0.791. The summed E-state index contributed by atoms with van der Waals surface area (Å²) in [5, 5.41) is 3.53. The second-order valence-electron chi connectivity index (χ2n) is 6.01. The Kier molecular flexibility index (Phi) is 2.09. The Morgan fingerprint density at radius 2 is 1.75 bits per heavy atom. The van der Waals surface area contributed by atoms with Crippen molar-refractivity contribution in [1.82, 2.24) is 0 Å². The number of para-hydroxylation sites is 2. The molecule has 2 aromatic carbocycles. The minimum absolute atomic E-state index is 0.0256. The van der Waals surface area contributed by atoms with Crippen molar-refractivity contribution in [3.8, 4) is 0 Å². The van der Waals surface area contributed by atoms with E-state index >= 15 is 0 Å².